The standard InChI is InChI=1S/C16H25NO4/c18-15(17-11-7-3-1-4-8-11)13-14(21-13)16(19)20-12-9-5-2-6-10-12/h11-14H,1-10H2,(H,17,18). The Bertz CT molecular complexity index is 350. The van der Waals surface area contributed by atoms with Gasteiger partial charge in [0.2, 0.25) is 0 Å². The zero-order chi connectivity index (χ0) is 14.7. The van der Waals surface area contributed by atoms with Crippen LogP contribution >= 0.6 is 0 Å². The highest BCUT2D eigenvalue weighted by molar-refractivity contribution is 5.92. The summed E-state index contributed by atoms with van der Waals surface area (Å²) < 4.78 is 10.7. The maximum atomic E-state index is 12.0. The molecule has 5 nitrogen and oxygen atoms in total. The van der Waals surface area contributed by atoms with E-state index >= 15 is 0 Å². The van der Waals surface area contributed by atoms with Gasteiger partial charge in [0.05, 0.1) is 0 Å². The van der Waals surface area contributed by atoms with Gasteiger partial charge in [0.15, 0.2) is 12.2 Å². The van der Waals surface area contributed by atoms with Crippen LogP contribution in [0.1, 0.15) is 64.2 Å². The fourth-order valence-corrected chi connectivity index (χ4v) is 3.44. The molecule has 2 saturated carbocycles. The van der Waals surface area contributed by atoms with Gasteiger partial charge in [0.1, 0.15) is 6.10 Å². The lowest BCUT2D eigenvalue weighted by Gasteiger charge is -2.22. The highest BCUT2D eigenvalue weighted by Gasteiger charge is 2.52. The summed E-state index contributed by atoms with van der Waals surface area (Å²) in [5.74, 6) is -0.502. The van der Waals surface area contributed by atoms with E-state index < -0.39 is 12.2 Å². The predicted octanol–water partition coefficient (Wildman–Crippen LogP) is 2.08. The molecule has 0 aromatic rings. The quantitative estimate of drug-likeness (QED) is 0.637. The average Bonchev–Trinajstić information content (AvgIpc) is 3.30. The summed E-state index contributed by atoms with van der Waals surface area (Å²) in [7, 11) is 0. The van der Waals surface area contributed by atoms with Crippen molar-refractivity contribution in [1.29, 1.82) is 0 Å². The Labute approximate surface area is 125 Å². The van der Waals surface area contributed by atoms with E-state index in [0.717, 1.165) is 38.5 Å². The molecule has 2 aliphatic carbocycles. The highest BCUT2D eigenvalue weighted by Crippen LogP contribution is 2.28. The molecule has 1 aliphatic heterocycles. The maximum Gasteiger partial charge on any atom is 0.338 e. The summed E-state index contributed by atoms with van der Waals surface area (Å²) >= 11 is 0. The Kier molecular flexibility index (Phi) is 4.78. The van der Waals surface area contributed by atoms with Crippen molar-refractivity contribution in [3.8, 4) is 0 Å². The fraction of sp³-hybridized carbons (Fsp3) is 0.875. The van der Waals surface area contributed by atoms with Crippen LogP contribution in [0.3, 0.4) is 0 Å². The summed E-state index contributed by atoms with van der Waals surface area (Å²) in [5.41, 5.74) is 0. The van der Waals surface area contributed by atoms with Gasteiger partial charge in [-0.3, -0.25) is 4.79 Å². The summed E-state index contributed by atoms with van der Waals surface area (Å²) in [6.07, 6.45) is 9.75. The minimum atomic E-state index is -0.671. The van der Waals surface area contributed by atoms with Crippen molar-refractivity contribution in [3.05, 3.63) is 0 Å². The molecule has 0 spiro atoms. The Balaban J connectivity index is 1.40. The number of carbonyl (C=O) groups is 2. The molecule has 1 saturated heterocycles. The number of amides is 1. The Hall–Kier alpha value is -1.10. The van der Waals surface area contributed by atoms with Crippen LogP contribution in [-0.4, -0.2) is 36.2 Å². The van der Waals surface area contributed by atoms with Crippen LogP contribution in [0.25, 0.3) is 0 Å². The van der Waals surface area contributed by atoms with Crippen LogP contribution in [0.2, 0.25) is 0 Å². The van der Waals surface area contributed by atoms with E-state index in [9.17, 15) is 9.59 Å². The molecule has 1 amide bonds. The maximum absolute atomic E-state index is 12.0. The molecule has 5 heteroatoms. The number of nitrogens with one attached hydrogen (secondary N) is 1. The number of hydrogen-bond acceptors (Lipinski definition) is 4. The van der Waals surface area contributed by atoms with E-state index in [2.05, 4.69) is 5.32 Å². The highest BCUT2D eigenvalue weighted by atomic mass is 16.6. The summed E-state index contributed by atoms with van der Waals surface area (Å²) in [6, 6.07) is 0.255. The van der Waals surface area contributed by atoms with Crippen LogP contribution in [0.4, 0.5) is 0 Å². The summed E-state index contributed by atoms with van der Waals surface area (Å²) in [5, 5.41) is 3.00. The Morgan fingerprint density at radius 1 is 0.857 bits per heavy atom. The van der Waals surface area contributed by atoms with Gasteiger partial charge in [-0.25, -0.2) is 4.79 Å². The first-order valence-corrected chi connectivity index (χ1v) is 8.40. The monoisotopic (exact) mass is 295 g/mol. The molecule has 2 atom stereocenters. The van der Waals surface area contributed by atoms with Crippen molar-refractivity contribution < 1.29 is 19.1 Å². The molecular formula is C16H25NO4. The van der Waals surface area contributed by atoms with Crippen molar-refractivity contribution in [2.24, 2.45) is 0 Å². The smallest absolute Gasteiger partial charge is 0.338 e. The van der Waals surface area contributed by atoms with Crippen molar-refractivity contribution in [1.82, 2.24) is 5.32 Å². The molecule has 3 rings (SSSR count). The molecule has 0 bridgehead atoms. The lowest BCUT2D eigenvalue weighted by molar-refractivity contribution is -0.152. The third-order valence-corrected chi connectivity index (χ3v) is 4.77. The number of epoxide rings is 1. The number of ether oxygens (including phenoxy) is 2. The van der Waals surface area contributed by atoms with E-state index in [1.807, 2.05) is 0 Å². The normalized spacial score (nSPS) is 30.7. The van der Waals surface area contributed by atoms with Gasteiger partial charge in [-0.2, -0.15) is 0 Å². The first kappa shape index (κ1) is 14.8. The minimum Gasteiger partial charge on any atom is -0.460 e. The van der Waals surface area contributed by atoms with E-state index in [1.54, 1.807) is 0 Å². The number of hydrogen-bond donors (Lipinski definition) is 1. The lowest BCUT2D eigenvalue weighted by atomic mass is 9.95. The van der Waals surface area contributed by atoms with Gasteiger partial charge in [-0.05, 0) is 38.5 Å². The van der Waals surface area contributed by atoms with Gasteiger partial charge >= 0.3 is 5.97 Å². The molecular weight excluding hydrogens is 270 g/mol. The third kappa shape index (κ3) is 3.96. The number of rotatable bonds is 4. The van der Waals surface area contributed by atoms with Crippen LogP contribution in [0.5, 0.6) is 0 Å². The van der Waals surface area contributed by atoms with Gasteiger partial charge in [-0.15, -0.1) is 0 Å². The molecule has 1 N–H and O–H groups in total. The van der Waals surface area contributed by atoms with Crippen molar-refractivity contribution in [2.45, 2.75) is 88.6 Å². The fourth-order valence-electron chi connectivity index (χ4n) is 3.44. The molecule has 0 radical (unpaired) electrons. The van der Waals surface area contributed by atoms with Gasteiger partial charge in [-0.1, -0.05) is 25.7 Å². The first-order chi connectivity index (χ1) is 10.2. The molecule has 0 aromatic carbocycles. The van der Waals surface area contributed by atoms with E-state index in [1.165, 1.54) is 25.7 Å². The lowest BCUT2D eigenvalue weighted by Crippen LogP contribution is -2.40. The van der Waals surface area contributed by atoms with Crippen molar-refractivity contribution in [3.63, 3.8) is 0 Å². The predicted molar refractivity (Wildman–Crippen MR) is 76.6 cm³/mol. The third-order valence-electron chi connectivity index (χ3n) is 4.77. The molecule has 3 fully saturated rings. The van der Waals surface area contributed by atoms with Gasteiger partial charge in [0.25, 0.3) is 5.91 Å². The van der Waals surface area contributed by atoms with E-state index in [0.29, 0.717) is 0 Å². The molecule has 0 aromatic heterocycles. The van der Waals surface area contributed by atoms with Crippen molar-refractivity contribution >= 4 is 11.9 Å². The topological polar surface area (TPSA) is 67.9 Å². The summed E-state index contributed by atoms with van der Waals surface area (Å²) in [4.78, 5) is 24.0. The Morgan fingerprint density at radius 2 is 1.48 bits per heavy atom. The van der Waals surface area contributed by atoms with Crippen LogP contribution in [0, 0.1) is 0 Å². The second-order valence-electron chi connectivity index (χ2n) is 6.52. The summed E-state index contributed by atoms with van der Waals surface area (Å²) in [6.45, 7) is 0. The van der Waals surface area contributed by atoms with Crippen LogP contribution in [-0.2, 0) is 19.1 Å². The largest absolute Gasteiger partial charge is 0.460 e. The van der Waals surface area contributed by atoms with Crippen LogP contribution in [0.15, 0.2) is 0 Å². The van der Waals surface area contributed by atoms with Gasteiger partial charge < -0.3 is 14.8 Å². The van der Waals surface area contributed by atoms with E-state index in [4.69, 9.17) is 9.47 Å². The molecule has 118 valence electrons. The molecule has 21 heavy (non-hydrogen) atoms. The second-order valence-corrected chi connectivity index (χ2v) is 6.52. The zero-order valence-electron chi connectivity index (χ0n) is 12.5. The van der Waals surface area contributed by atoms with Crippen LogP contribution < -0.4 is 5.32 Å². The van der Waals surface area contributed by atoms with Crippen molar-refractivity contribution in [2.75, 3.05) is 0 Å². The Morgan fingerprint density at radius 3 is 2.14 bits per heavy atom. The van der Waals surface area contributed by atoms with Gasteiger partial charge in [0, 0.05) is 6.04 Å². The minimum absolute atomic E-state index is 0.0255. The molecule has 2 unspecified atom stereocenters. The zero-order valence-corrected chi connectivity index (χ0v) is 12.5. The first-order valence-electron chi connectivity index (χ1n) is 8.40. The SMILES string of the molecule is O=C(NC1CCCCC1)C1OC1C(=O)OC1CCCCC1. The molecule has 3 aliphatic rings. The average molecular weight is 295 g/mol. The molecule has 1 heterocycles. The number of esters is 1. The van der Waals surface area contributed by atoms with E-state index in [-0.39, 0.29) is 24.0 Å². The number of carbonyl (C=O) groups excluding carboxylic acids is 2. The second kappa shape index (κ2) is 6.77.